The molecule has 2 N–H and O–H groups in total. The first-order valence-electron chi connectivity index (χ1n) is 8.63. The number of anilines is 2. The lowest BCUT2D eigenvalue weighted by Crippen LogP contribution is -2.35. The lowest BCUT2D eigenvalue weighted by molar-refractivity contribution is 0.0989. The molecular formula is C19H22N4OS. The Morgan fingerprint density at radius 2 is 2.16 bits per heavy atom. The van der Waals surface area contributed by atoms with E-state index in [9.17, 15) is 4.79 Å². The summed E-state index contributed by atoms with van der Waals surface area (Å²) in [5.74, 6) is 0.388. The minimum Gasteiger partial charge on any atom is -0.398 e. The predicted octanol–water partition coefficient (Wildman–Crippen LogP) is 3.93. The molecule has 0 unspecified atom stereocenters. The summed E-state index contributed by atoms with van der Waals surface area (Å²) in [5.41, 5.74) is 9.99. The van der Waals surface area contributed by atoms with E-state index in [4.69, 9.17) is 5.73 Å². The quantitative estimate of drug-likeness (QED) is 0.709. The number of aryl methyl sites for hydroxylation is 1. The Balaban J connectivity index is 1.77. The van der Waals surface area contributed by atoms with Crippen LogP contribution in [0.15, 0.2) is 24.3 Å². The second-order valence-corrected chi connectivity index (χ2v) is 7.93. The Kier molecular flexibility index (Phi) is 3.80. The van der Waals surface area contributed by atoms with Gasteiger partial charge in [-0.1, -0.05) is 19.9 Å². The molecule has 0 fully saturated rings. The normalized spacial score (nSPS) is 14.3. The number of carbonyl (C=O) groups is 1. The highest BCUT2D eigenvalue weighted by molar-refractivity contribution is 7.20. The Morgan fingerprint density at radius 1 is 1.36 bits per heavy atom. The molecule has 25 heavy (non-hydrogen) atoms. The number of aromatic nitrogens is 2. The highest BCUT2D eigenvalue weighted by Gasteiger charge is 2.27. The molecule has 1 aromatic carbocycles. The van der Waals surface area contributed by atoms with Crippen LogP contribution in [0.25, 0.3) is 10.2 Å². The van der Waals surface area contributed by atoms with Crippen LogP contribution in [0.4, 0.5) is 11.4 Å². The van der Waals surface area contributed by atoms with Crippen LogP contribution in [0.3, 0.4) is 0 Å². The first-order valence-corrected chi connectivity index (χ1v) is 9.44. The Hall–Kier alpha value is -2.34. The summed E-state index contributed by atoms with van der Waals surface area (Å²) in [6, 6.07) is 7.83. The maximum Gasteiger partial charge on any atom is 0.268 e. The molecule has 4 rings (SSSR count). The first-order chi connectivity index (χ1) is 12.0. The van der Waals surface area contributed by atoms with Crippen LogP contribution >= 0.6 is 11.3 Å². The van der Waals surface area contributed by atoms with Crippen LogP contribution in [0, 0.1) is 0 Å². The maximum atomic E-state index is 13.2. The average Bonchev–Trinajstić information content (AvgIpc) is 3.15. The molecule has 6 heteroatoms. The van der Waals surface area contributed by atoms with Crippen LogP contribution in [0.5, 0.6) is 0 Å². The number of benzene rings is 1. The van der Waals surface area contributed by atoms with Crippen molar-refractivity contribution < 1.29 is 4.79 Å². The van der Waals surface area contributed by atoms with Gasteiger partial charge in [-0.05, 0) is 42.5 Å². The summed E-state index contributed by atoms with van der Waals surface area (Å²) in [6.07, 6.45) is 1.87. The number of nitrogen functional groups attached to an aromatic ring is 1. The Bertz CT molecular complexity index is 969. The molecule has 0 saturated heterocycles. The summed E-state index contributed by atoms with van der Waals surface area (Å²) in [4.78, 5) is 16.9. The highest BCUT2D eigenvalue weighted by Crippen LogP contribution is 2.36. The lowest BCUT2D eigenvalue weighted by Gasteiger charge is -2.29. The van der Waals surface area contributed by atoms with E-state index in [2.05, 4.69) is 18.9 Å². The number of hydrogen-bond acceptors (Lipinski definition) is 4. The number of hydrogen-bond donors (Lipinski definition) is 1. The second-order valence-electron chi connectivity index (χ2n) is 6.90. The van der Waals surface area contributed by atoms with Crippen molar-refractivity contribution >= 4 is 38.8 Å². The highest BCUT2D eigenvalue weighted by atomic mass is 32.1. The third kappa shape index (κ3) is 2.52. The minimum absolute atomic E-state index is 0.0578. The van der Waals surface area contributed by atoms with Gasteiger partial charge in [0.2, 0.25) is 0 Å². The van der Waals surface area contributed by atoms with Gasteiger partial charge in [-0.15, -0.1) is 11.3 Å². The molecule has 5 nitrogen and oxygen atoms in total. The lowest BCUT2D eigenvalue weighted by atomic mass is 9.99. The van der Waals surface area contributed by atoms with E-state index in [1.54, 1.807) is 0 Å². The number of nitrogens with zero attached hydrogens (tertiary/aromatic N) is 3. The van der Waals surface area contributed by atoms with Crippen molar-refractivity contribution in [1.82, 2.24) is 9.78 Å². The standard InChI is InChI=1S/C19H22N4OS/c1-11(2)17-13-10-16(25-19(13)22(3)21-17)18(24)23-9-5-6-12-14(20)7-4-8-15(12)23/h4,7-8,10-11H,5-6,9,20H2,1-3H3. The predicted molar refractivity (Wildman–Crippen MR) is 104 cm³/mol. The van der Waals surface area contributed by atoms with E-state index >= 15 is 0 Å². The fraction of sp³-hybridized carbons (Fsp3) is 0.368. The van der Waals surface area contributed by atoms with E-state index < -0.39 is 0 Å². The van der Waals surface area contributed by atoms with E-state index in [1.807, 2.05) is 40.9 Å². The smallest absolute Gasteiger partial charge is 0.268 e. The monoisotopic (exact) mass is 354 g/mol. The molecule has 1 aliphatic rings. The maximum absolute atomic E-state index is 13.2. The van der Waals surface area contributed by atoms with Crippen molar-refractivity contribution in [3.8, 4) is 0 Å². The van der Waals surface area contributed by atoms with Crippen molar-refractivity contribution in [1.29, 1.82) is 0 Å². The largest absolute Gasteiger partial charge is 0.398 e. The fourth-order valence-corrected chi connectivity index (χ4v) is 4.62. The van der Waals surface area contributed by atoms with Crippen molar-refractivity contribution in [3.05, 3.63) is 40.4 Å². The number of fused-ring (bicyclic) bond motifs is 2. The summed E-state index contributed by atoms with van der Waals surface area (Å²) in [6.45, 7) is 4.99. The van der Waals surface area contributed by atoms with Crippen molar-refractivity contribution in [3.63, 3.8) is 0 Å². The van der Waals surface area contributed by atoms with Gasteiger partial charge < -0.3 is 10.6 Å². The van der Waals surface area contributed by atoms with E-state index in [1.165, 1.54) is 11.3 Å². The average molecular weight is 354 g/mol. The van der Waals surface area contributed by atoms with Gasteiger partial charge in [0.05, 0.1) is 10.6 Å². The summed E-state index contributed by atoms with van der Waals surface area (Å²) in [5, 5.41) is 5.69. The van der Waals surface area contributed by atoms with Gasteiger partial charge in [0, 0.05) is 30.4 Å². The molecule has 3 heterocycles. The van der Waals surface area contributed by atoms with Gasteiger partial charge in [0.15, 0.2) is 0 Å². The summed E-state index contributed by atoms with van der Waals surface area (Å²) < 4.78 is 1.88. The number of carbonyl (C=O) groups excluding carboxylic acids is 1. The Morgan fingerprint density at radius 3 is 2.92 bits per heavy atom. The molecule has 0 spiro atoms. The summed E-state index contributed by atoms with van der Waals surface area (Å²) in [7, 11) is 1.94. The minimum atomic E-state index is 0.0578. The van der Waals surface area contributed by atoms with Gasteiger partial charge in [0.25, 0.3) is 5.91 Å². The third-order valence-corrected chi connectivity index (χ3v) is 6.02. The zero-order valence-electron chi connectivity index (χ0n) is 14.7. The number of amides is 1. The number of nitrogens with two attached hydrogens (primary N) is 1. The molecule has 3 aromatic rings. The SMILES string of the molecule is CC(C)c1nn(C)c2sc(C(=O)N3CCCc4c(N)cccc43)cc12. The Labute approximate surface area is 151 Å². The molecule has 0 saturated carbocycles. The van der Waals surface area contributed by atoms with Crippen LogP contribution in [-0.4, -0.2) is 22.2 Å². The molecule has 0 aliphatic carbocycles. The third-order valence-electron chi connectivity index (χ3n) is 4.83. The van der Waals surface area contributed by atoms with Crippen LogP contribution in [-0.2, 0) is 13.5 Å². The van der Waals surface area contributed by atoms with Gasteiger partial charge in [-0.3, -0.25) is 9.48 Å². The summed E-state index contributed by atoms with van der Waals surface area (Å²) >= 11 is 1.52. The second kappa shape index (κ2) is 5.88. The van der Waals surface area contributed by atoms with Crippen molar-refractivity contribution in [2.24, 2.45) is 7.05 Å². The van der Waals surface area contributed by atoms with Gasteiger partial charge >= 0.3 is 0 Å². The molecule has 130 valence electrons. The zero-order chi connectivity index (χ0) is 17.7. The molecular weight excluding hydrogens is 332 g/mol. The molecule has 0 atom stereocenters. The topological polar surface area (TPSA) is 64.2 Å². The zero-order valence-corrected chi connectivity index (χ0v) is 15.6. The van der Waals surface area contributed by atoms with Gasteiger partial charge in [0.1, 0.15) is 4.83 Å². The number of rotatable bonds is 2. The van der Waals surface area contributed by atoms with Gasteiger partial charge in [-0.2, -0.15) is 5.10 Å². The van der Waals surface area contributed by atoms with Crippen molar-refractivity contribution in [2.45, 2.75) is 32.6 Å². The molecule has 0 radical (unpaired) electrons. The van der Waals surface area contributed by atoms with Crippen LogP contribution in [0.1, 0.15) is 47.1 Å². The van der Waals surface area contributed by atoms with E-state index in [-0.39, 0.29) is 5.91 Å². The van der Waals surface area contributed by atoms with Gasteiger partial charge in [-0.25, -0.2) is 0 Å². The van der Waals surface area contributed by atoms with E-state index in [0.717, 1.165) is 57.1 Å². The first kappa shape index (κ1) is 16.1. The van der Waals surface area contributed by atoms with Crippen LogP contribution in [0.2, 0.25) is 0 Å². The van der Waals surface area contributed by atoms with Crippen molar-refractivity contribution in [2.75, 3.05) is 17.2 Å². The molecule has 1 amide bonds. The van der Waals surface area contributed by atoms with Crippen LogP contribution < -0.4 is 10.6 Å². The molecule has 2 aromatic heterocycles. The molecule has 1 aliphatic heterocycles. The fourth-order valence-electron chi connectivity index (χ4n) is 3.59. The molecule has 0 bridgehead atoms. The number of thiophene rings is 1. The van der Waals surface area contributed by atoms with E-state index in [0.29, 0.717) is 5.92 Å².